The van der Waals surface area contributed by atoms with Crippen molar-refractivity contribution in [3.8, 4) is 0 Å². The quantitative estimate of drug-likeness (QED) is 0.788. The molecule has 0 saturated heterocycles. The molecule has 2 N–H and O–H groups in total. The van der Waals surface area contributed by atoms with Crippen LogP contribution >= 0.6 is 0 Å². The highest BCUT2D eigenvalue weighted by Gasteiger charge is 2.07. The normalized spacial score (nSPS) is 10.1. The average Bonchev–Trinajstić information content (AvgIpc) is 2.34. The van der Waals surface area contributed by atoms with E-state index in [1.165, 1.54) is 5.56 Å². The molecule has 0 saturated carbocycles. The van der Waals surface area contributed by atoms with Crippen molar-refractivity contribution in [1.82, 2.24) is 4.90 Å². The molecule has 1 amide bonds. The Bertz CT molecular complexity index is 311. The van der Waals surface area contributed by atoms with E-state index in [-0.39, 0.29) is 5.91 Å². The average molecular weight is 220 g/mol. The van der Waals surface area contributed by atoms with E-state index >= 15 is 0 Å². The molecule has 88 valence electrons. The number of hydrogen-bond acceptors (Lipinski definition) is 2. The molecule has 0 bridgehead atoms. The van der Waals surface area contributed by atoms with Gasteiger partial charge in [0, 0.05) is 20.0 Å². The maximum Gasteiger partial charge on any atom is 0.222 e. The Morgan fingerprint density at radius 2 is 2.00 bits per heavy atom. The van der Waals surface area contributed by atoms with Crippen molar-refractivity contribution < 1.29 is 4.79 Å². The predicted molar refractivity (Wildman–Crippen MR) is 66.1 cm³/mol. The van der Waals surface area contributed by atoms with E-state index in [1.54, 1.807) is 4.90 Å². The Morgan fingerprint density at radius 1 is 1.31 bits per heavy atom. The molecule has 1 aromatic rings. The van der Waals surface area contributed by atoms with E-state index in [0.29, 0.717) is 13.0 Å². The molecule has 0 aliphatic heterocycles. The molecule has 0 aromatic heterocycles. The molecule has 0 aliphatic rings. The highest BCUT2D eigenvalue weighted by Crippen LogP contribution is 2.02. The van der Waals surface area contributed by atoms with Crippen LogP contribution in [0.2, 0.25) is 0 Å². The summed E-state index contributed by atoms with van der Waals surface area (Å²) in [5.41, 5.74) is 6.64. The van der Waals surface area contributed by atoms with Gasteiger partial charge in [-0.15, -0.1) is 0 Å². The SMILES string of the molecule is CN(CCc1ccccc1)C(=O)CCCN. The molecule has 0 spiro atoms. The van der Waals surface area contributed by atoms with Gasteiger partial charge in [0.15, 0.2) is 0 Å². The van der Waals surface area contributed by atoms with Gasteiger partial charge in [-0.25, -0.2) is 0 Å². The second-order valence-corrected chi connectivity index (χ2v) is 3.94. The van der Waals surface area contributed by atoms with Crippen LogP contribution in [0, 0.1) is 0 Å². The molecule has 3 heteroatoms. The lowest BCUT2D eigenvalue weighted by molar-refractivity contribution is -0.129. The first-order valence-corrected chi connectivity index (χ1v) is 5.72. The Kier molecular flexibility index (Phi) is 5.57. The van der Waals surface area contributed by atoms with Crippen molar-refractivity contribution in [2.45, 2.75) is 19.3 Å². The topological polar surface area (TPSA) is 46.3 Å². The van der Waals surface area contributed by atoms with Crippen LogP contribution in [0.4, 0.5) is 0 Å². The first kappa shape index (κ1) is 12.7. The van der Waals surface area contributed by atoms with Gasteiger partial charge in [-0.3, -0.25) is 4.79 Å². The highest BCUT2D eigenvalue weighted by molar-refractivity contribution is 5.75. The number of benzene rings is 1. The molecular formula is C13H20N2O. The molecule has 0 radical (unpaired) electrons. The lowest BCUT2D eigenvalue weighted by Gasteiger charge is -2.16. The second-order valence-electron chi connectivity index (χ2n) is 3.94. The van der Waals surface area contributed by atoms with Crippen LogP contribution in [0.1, 0.15) is 18.4 Å². The van der Waals surface area contributed by atoms with Crippen LogP contribution in [0.5, 0.6) is 0 Å². The first-order valence-electron chi connectivity index (χ1n) is 5.72. The van der Waals surface area contributed by atoms with Gasteiger partial charge in [0.2, 0.25) is 5.91 Å². The van der Waals surface area contributed by atoms with Gasteiger partial charge >= 0.3 is 0 Å². The summed E-state index contributed by atoms with van der Waals surface area (Å²) in [6, 6.07) is 10.2. The molecule has 3 nitrogen and oxygen atoms in total. The summed E-state index contributed by atoms with van der Waals surface area (Å²) in [6.45, 7) is 1.35. The van der Waals surface area contributed by atoms with Crippen molar-refractivity contribution >= 4 is 5.91 Å². The summed E-state index contributed by atoms with van der Waals surface area (Å²) in [6.07, 6.45) is 2.24. The minimum Gasteiger partial charge on any atom is -0.345 e. The standard InChI is InChI=1S/C13H20N2O/c1-15(13(16)8-5-10-14)11-9-12-6-3-2-4-7-12/h2-4,6-7H,5,8-11,14H2,1H3. The minimum absolute atomic E-state index is 0.182. The Hall–Kier alpha value is -1.35. The summed E-state index contributed by atoms with van der Waals surface area (Å²) in [5, 5.41) is 0. The van der Waals surface area contributed by atoms with Crippen LogP contribution in [-0.4, -0.2) is 30.9 Å². The number of likely N-dealkylation sites (N-methyl/N-ethyl adjacent to an activating group) is 1. The Labute approximate surface area is 97.2 Å². The summed E-state index contributed by atoms with van der Waals surface area (Å²) < 4.78 is 0. The van der Waals surface area contributed by atoms with Gasteiger partial charge < -0.3 is 10.6 Å². The molecular weight excluding hydrogens is 200 g/mol. The Morgan fingerprint density at radius 3 is 2.62 bits per heavy atom. The van der Waals surface area contributed by atoms with Crippen LogP contribution < -0.4 is 5.73 Å². The lowest BCUT2D eigenvalue weighted by Crippen LogP contribution is -2.29. The number of nitrogens with zero attached hydrogens (tertiary/aromatic N) is 1. The third-order valence-corrected chi connectivity index (χ3v) is 2.60. The zero-order chi connectivity index (χ0) is 11.8. The molecule has 16 heavy (non-hydrogen) atoms. The molecule has 1 rings (SSSR count). The summed E-state index contributed by atoms with van der Waals surface area (Å²) >= 11 is 0. The van der Waals surface area contributed by atoms with Crippen molar-refractivity contribution in [3.05, 3.63) is 35.9 Å². The largest absolute Gasteiger partial charge is 0.345 e. The smallest absolute Gasteiger partial charge is 0.222 e. The molecule has 0 aliphatic carbocycles. The van der Waals surface area contributed by atoms with Gasteiger partial charge in [0.25, 0.3) is 0 Å². The van der Waals surface area contributed by atoms with E-state index < -0.39 is 0 Å². The van der Waals surface area contributed by atoms with Crippen molar-refractivity contribution in [2.75, 3.05) is 20.1 Å². The van der Waals surface area contributed by atoms with Gasteiger partial charge in [-0.05, 0) is 24.9 Å². The molecule has 0 unspecified atom stereocenters. The fraction of sp³-hybridized carbons (Fsp3) is 0.462. The zero-order valence-electron chi connectivity index (χ0n) is 9.86. The van der Waals surface area contributed by atoms with E-state index in [1.807, 2.05) is 25.2 Å². The summed E-state index contributed by atoms with van der Waals surface area (Å²) in [5.74, 6) is 0.182. The maximum absolute atomic E-state index is 11.6. The highest BCUT2D eigenvalue weighted by atomic mass is 16.2. The fourth-order valence-corrected chi connectivity index (χ4v) is 1.51. The third-order valence-electron chi connectivity index (χ3n) is 2.60. The van der Waals surface area contributed by atoms with Gasteiger partial charge in [0.05, 0.1) is 0 Å². The number of nitrogens with two attached hydrogens (primary N) is 1. The zero-order valence-corrected chi connectivity index (χ0v) is 9.86. The maximum atomic E-state index is 11.6. The van der Waals surface area contributed by atoms with Gasteiger partial charge in [-0.1, -0.05) is 30.3 Å². The van der Waals surface area contributed by atoms with Crippen LogP contribution in [-0.2, 0) is 11.2 Å². The molecule has 1 aromatic carbocycles. The van der Waals surface area contributed by atoms with Crippen LogP contribution in [0.25, 0.3) is 0 Å². The van der Waals surface area contributed by atoms with Crippen LogP contribution in [0.15, 0.2) is 30.3 Å². The number of carbonyl (C=O) groups is 1. The summed E-state index contributed by atoms with van der Waals surface area (Å²) in [4.78, 5) is 13.4. The number of rotatable bonds is 6. The van der Waals surface area contributed by atoms with Gasteiger partial charge in [0.1, 0.15) is 0 Å². The fourth-order valence-electron chi connectivity index (χ4n) is 1.51. The number of carbonyl (C=O) groups excluding carboxylic acids is 1. The molecule has 0 fully saturated rings. The van der Waals surface area contributed by atoms with Gasteiger partial charge in [-0.2, -0.15) is 0 Å². The lowest BCUT2D eigenvalue weighted by atomic mass is 10.1. The van der Waals surface area contributed by atoms with E-state index in [2.05, 4.69) is 12.1 Å². The van der Waals surface area contributed by atoms with E-state index in [9.17, 15) is 4.79 Å². The summed E-state index contributed by atoms with van der Waals surface area (Å²) in [7, 11) is 1.85. The van der Waals surface area contributed by atoms with E-state index in [4.69, 9.17) is 5.73 Å². The molecule has 0 heterocycles. The number of hydrogen-bond donors (Lipinski definition) is 1. The van der Waals surface area contributed by atoms with Crippen LogP contribution in [0.3, 0.4) is 0 Å². The monoisotopic (exact) mass is 220 g/mol. The minimum atomic E-state index is 0.182. The molecule has 0 atom stereocenters. The Balaban J connectivity index is 2.29. The first-order chi connectivity index (χ1) is 7.74. The van der Waals surface area contributed by atoms with Crippen molar-refractivity contribution in [1.29, 1.82) is 0 Å². The van der Waals surface area contributed by atoms with E-state index in [0.717, 1.165) is 19.4 Å². The van der Waals surface area contributed by atoms with Crippen molar-refractivity contribution in [3.63, 3.8) is 0 Å². The van der Waals surface area contributed by atoms with Crippen molar-refractivity contribution in [2.24, 2.45) is 5.73 Å². The second kappa shape index (κ2) is 7.01. The third kappa shape index (κ3) is 4.45. The predicted octanol–water partition coefficient (Wildman–Crippen LogP) is 1.43. The number of amides is 1.